The molecule has 4 heteroatoms. The van der Waals surface area contributed by atoms with Gasteiger partial charge in [0.1, 0.15) is 0 Å². The van der Waals surface area contributed by atoms with Gasteiger partial charge in [-0.2, -0.15) is 11.3 Å². The standard InChI is InChI=1S/C12H16N2OS/c1-14(7-9-4-5-16-8-9)12(15)10-2-3-11(13)6-10/h2-5,8,10-11H,6-7,13H2,1H3. The van der Waals surface area contributed by atoms with Crippen molar-refractivity contribution < 1.29 is 4.79 Å². The number of hydrogen-bond donors (Lipinski definition) is 1. The highest BCUT2D eigenvalue weighted by atomic mass is 32.1. The van der Waals surface area contributed by atoms with Crippen molar-refractivity contribution in [2.75, 3.05) is 7.05 Å². The van der Waals surface area contributed by atoms with E-state index in [2.05, 4.69) is 5.38 Å². The van der Waals surface area contributed by atoms with E-state index in [0.29, 0.717) is 6.54 Å². The van der Waals surface area contributed by atoms with Crippen molar-refractivity contribution in [1.82, 2.24) is 4.90 Å². The Hall–Kier alpha value is -1.13. The number of nitrogens with two attached hydrogens (primary N) is 1. The summed E-state index contributed by atoms with van der Waals surface area (Å²) in [5, 5.41) is 4.10. The largest absolute Gasteiger partial charge is 0.341 e. The molecule has 2 atom stereocenters. The number of amides is 1. The lowest BCUT2D eigenvalue weighted by atomic mass is 10.1. The average molecular weight is 236 g/mol. The van der Waals surface area contributed by atoms with Gasteiger partial charge in [0.25, 0.3) is 0 Å². The van der Waals surface area contributed by atoms with E-state index < -0.39 is 0 Å². The third kappa shape index (κ3) is 2.51. The number of carbonyl (C=O) groups is 1. The van der Waals surface area contributed by atoms with Gasteiger partial charge in [0, 0.05) is 19.6 Å². The Morgan fingerprint density at radius 2 is 2.44 bits per heavy atom. The Morgan fingerprint density at radius 3 is 3.00 bits per heavy atom. The molecule has 0 saturated carbocycles. The fourth-order valence-corrected chi connectivity index (χ4v) is 2.59. The van der Waals surface area contributed by atoms with Crippen LogP contribution in [-0.2, 0) is 11.3 Å². The third-order valence-corrected chi connectivity index (χ3v) is 3.54. The number of hydrogen-bond acceptors (Lipinski definition) is 3. The number of carbonyl (C=O) groups excluding carboxylic acids is 1. The maximum Gasteiger partial charge on any atom is 0.229 e. The van der Waals surface area contributed by atoms with E-state index in [-0.39, 0.29) is 17.9 Å². The van der Waals surface area contributed by atoms with Gasteiger partial charge in [0.2, 0.25) is 5.91 Å². The van der Waals surface area contributed by atoms with Gasteiger partial charge >= 0.3 is 0 Å². The summed E-state index contributed by atoms with van der Waals surface area (Å²) in [4.78, 5) is 13.8. The van der Waals surface area contributed by atoms with Crippen LogP contribution >= 0.6 is 11.3 Å². The Kier molecular flexibility index (Phi) is 3.41. The van der Waals surface area contributed by atoms with Crippen LogP contribution in [0.25, 0.3) is 0 Å². The second-order valence-corrected chi connectivity index (χ2v) is 5.00. The minimum absolute atomic E-state index is 0.0290. The Balaban J connectivity index is 1.92. The third-order valence-electron chi connectivity index (χ3n) is 2.81. The van der Waals surface area contributed by atoms with Crippen molar-refractivity contribution in [2.24, 2.45) is 11.7 Å². The lowest BCUT2D eigenvalue weighted by molar-refractivity contribution is -0.133. The summed E-state index contributed by atoms with van der Waals surface area (Å²) in [6, 6.07) is 2.09. The van der Waals surface area contributed by atoms with Gasteiger partial charge in [0.15, 0.2) is 0 Å². The van der Waals surface area contributed by atoms with Gasteiger partial charge in [-0.3, -0.25) is 4.79 Å². The predicted molar refractivity (Wildman–Crippen MR) is 66.0 cm³/mol. The van der Waals surface area contributed by atoms with E-state index >= 15 is 0 Å². The zero-order chi connectivity index (χ0) is 11.5. The highest BCUT2D eigenvalue weighted by molar-refractivity contribution is 7.07. The molecule has 1 heterocycles. The molecule has 1 aliphatic carbocycles. The number of thiophene rings is 1. The van der Waals surface area contributed by atoms with Crippen LogP contribution in [-0.4, -0.2) is 23.9 Å². The van der Waals surface area contributed by atoms with Gasteiger partial charge in [0.05, 0.1) is 5.92 Å². The average Bonchev–Trinajstić information content (AvgIpc) is 2.88. The summed E-state index contributed by atoms with van der Waals surface area (Å²) in [5.74, 6) is 0.133. The van der Waals surface area contributed by atoms with E-state index in [1.807, 2.05) is 30.6 Å². The predicted octanol–water partition coefficient (Wildman–Crippen LogP) is 1.61. The van der Waals surface area contributed by atoms with Crippen LogP contribution in [0.5, 0.6) is 0 Å². The zero-order valence-corrected chi connectivity index (χ0v) is 10.1. The summed E-state index contributed by atoms with van der Waals surface area (Å²) < 4.78 is 0. The molecule has 0 saturated heterocycles. The lowest BCUT2D eigenvalue weighted by Gasteiger charge is -2.20. The molecule has 0 radical (unpaired) electrons. The fourth-order valence-electron chi connectivity index (χ4n) is 1.93. The topological polar surface area (TPSA) is 46.3 Å². The summed E-state index contributed by atoms with van der Waals surface area (Å²) >= 11 is 1.65. The van der Waals surface area contributed by atoms with E-state index in [1.165, 1.54) is 5.56 Å². The normalized spacial score (nSPS) is 23.6. The Bertz CT molecular complexity index is 386. The second kappa shape index (κ2) is 4.80. The highest BCUT2D eigenvalue weighted by Gasteiger charge is 2.25. The molecule has 3 nitrogen and oxygen atoms in total. The van der Waals surface area contributed by atoms with Crippen molar-refractivity contribution in [3.8, 4) is 0 Å². The molecule has 2 unspecified atom stereocenters. The molecular formula is C12H16N2OS. The minimum atomic E-state index is -0.0290. The zero-order valence-electron chi connectivity index (χ0n) is 9.30. The van der Waals surface area contributed by atoms with Crippen LogP contribution in [0.4, 0.5) is 0 Å². The fraction of sp³-hybridized carbons (Fsp3) is 0.417. The molecule has 1 aromatic heterocycles. The maximum atomic E-state index is 12.0. The highest BCUT2D eigenvalue weighted by Crippen LogP contribution is 2.19. The van der Waals surface area contributed by atoms with Crippen molar-refractivity contribution >= 4 is 17.2 Å². The van der Waals surface area contributed by atoms with Gasteiger partial charge in [-0.1, -0.05) is 12.2 Å². The van der Waals surface area contributed by atoms with Crippen LogP contribution in [0.2, 0.25) is 0 Å². The van der Waals surface area contributed by atoms with Crippen molar-refractivity contribution in [3.63, 3.8) is 0 Å². The number of nitrogens with zero attached hydrogens (tertiary/aromatic N) is 1. The first-order chi connectivity index (χ1) is 7.66. The summed E-state index contributed by atoms with van der Waals surface area (Å²) in [6.07, 6.45) is 4.59. The summed E-state index contributed by atoms with van der Waals surface area (Å²) in [7, 11) is 1.84. The molecular weight excluding hydrogens is 220 g/mol. The minimum Gasteiger partial charge on any atom is -0.341 e. The van der Waals surface area contributed by atoms with Crippen molar-refractivity contribution in [2.45, 2.75) is 19.0 Å². The second-order valence-electron chi connectivity index (χ2n) is 4.22. The van der Waals surface area contributed by atoms with Crippen molar-refractivity contribution in [3.05, 3.63) is 34.5 Å². The molecule has 2 rings (SSSR count). The maximum absolute atomic E-state index is 12.0. The monoisotopic (exact) mass is 236 g/mol. The molecule has 0 aliphatic heterocycles. The van der Waals surface area contributed by atoms with Crippen LogP contribution in [0.1, 0.15) is 12.0 Å². The molecule has 0 spiro atoms. The van der Waals surface area contributed by atoms with Crippen LogP contribution < -0.4 is 5.73 Å². The van der Waals surface area contributed by atoms with Gasteiger partial charge in [-0.15, -0.1) is 0 Å². The molecule has 0 fully saturated rings. The van der Waals surface area contributed by atoms with Gasteiger partial charge < -0.3 is 10.6 Å². The quantitative estimate of drug-likeness (QED) is 0.810. The first kappa shape index (κ1) is 11.4. The van der Waals surface area contributed by atoms with E-state index in [4.69, 9.17) is 5.73 Å². The molecule has 1 amide bonds. The first-order valence-corrected chi connectivity index (χ1v) is 6.31. The molecule has 0 aromatic carbocycles. The van der Waals surface area contributed by atoms with E-state index in [0.717, 1.165) is 6.42 Å². The van der Waals surface area contributed by atoms with Crippen LogP contribution in [0, 0.1) is 5.92 Å². The molecule has 1 aliphatic rings. The number of rotatable bonds is 3. The summed E-state index contributed by atoms with van der Waals surface area (Å²) in [6.45, 7) is 0.682. The first-order valence-electron chi connectivity index (χ1n) is 5.37. The summed E-state index contributed by atoms with van der Waals surface area (Å²) in [5.41, 5.74) is 6.93. The van der Waals surface area contributed by atoms with Gasteiger partial charge in [-0.25, -0.2) is 0 Å². The molecule has 16 heavy (non-hydrogen) atoms. The Morgan fingerprint density at radius 1 is 1.62 bits per heavy atom. The van der Waals surface area contributed by atoms with Crippen molar-refractivity contribution in [1.29, 1.82) is 0 Å². The lowest BCUT2D eigenvalue weighted by Crippen LogP contribution is -2.32. The van der Waals surface area contributed by atoms with Gasteiger partial charge in [-0.05, 0) is 28.8 Å². The SMILES string of the molecule is CN(Cc1ccsc1)C(=O)C1C=CC(N)C1. The van der Waals surface area contributed by atoms with E-state index in [1.54, 1.807) is 16.2 Å². The molecule has 2 N–H and O–H groups in total. The molecule has 0 bridgehead atoms. The van der Waals surface area contributed by atoms with Crippen LogP contribution in [0.3, 0.4) is 0 Å². The molecule has 1 aromatic rings. The smallest absolute Gasteiger partial charge is 0.229 e. The van der Waals surface area contributed by atoms with E-state index in [9.17, 15) is 4.79 Å². The molecule has 86 valence electrons. The Labute approximate surface area is 99.6 Å². The van der Waals surface area contributed by atoms with Crippen LogP contribution in [0.15, 0.2) is 29.0 Å².